The van der Waals surface area contributed by atoms with Gasteiger partial charge in [0.05, 0.1) is 6.54 Å². The van der Waals surface area contributed by atoms with E-state index in [2.05, 4.69) is 41.5 Å². The molecule has 15 heavy (non-hydrogen) atoms. The van der Waals surface area contributed by atoms with Crippen molar-refractivity contribution in [1.82, 2.24) is 5.32 Å². The van der Waals surface area contributed by atoms with E-state index in [0.717, 1.165) is 19.5 Å². The predicted molar refractivity (Wildman–Crippen MR) is 63.1 cm³/mol. The van der Waals surface area contributed by atoms with Crippen LogP contribution in [-0.2, 0) is 6.42 Å². The van der Waals surface area contributed by atoms with Crippen molar-refractivity contribution in [2.75, 3.05) is 13.1 Å². The SMILES string of the molecule is CCc1cccc(C2CN=C(N)NC2)c1. The van der Waals surface area contributed by atoms with Gasteiger partial charge < -0.3 is 11.1 Å². The monoisotopic (exact) mass is 203 g/mol. The first-order chi connectivity index (χ1) is 7.29. The van der Waals surface area contributed by atoms with E-state index in [1.54, 1.807) is 0 Å². The lowest BCUT2D eigenvalue weighted by Gasteiger charge is -2.21. The van der Waals surface area contributed by atoms with E-state index in [4.69, 9.17) is 5.73 Å². The fraction of sp³-hybridized carbons (Fsp3) is 0.417. The zero-order valence-corrected chi connectivity index (χ0v) is 9.03. The van der Waals surface area contributed by atoms with Gasteiger partial charge in [-0.05, 0) is 17.5 Å². The first-order valence-corrected chi connectivity index (χ1v) is 5.42. The lowest BCUT2D eigenvalue weighted by molar-refractivity contribution is 0.634. The zero-order chi connectivity index (χ0) is 10.7. The number of aliphatic imine (C=N–C) groups is 1. The summed E-state index contributed by atoms with van der Waals surface area (Å²) in [5.74, 6) is 1.03. The minimum Gasteiger partial charge on any atom is -0.370 e. The summed E-state index contributed by atoms with van der Waals surface area (Å²) in [6.45, 7) is 3.86. The van der Waals surface area contributed by atoms with Gasteiger partial charge in [-0.3, -0.25) is 4.99 Å². The predicted octanol–water partition coefficient (Wildman–Crippen LogP) is 1.25. The molecule has 1 aromatic rings. The molecular formula is C12H17N3. The number of hydrogen-bond donors (Lipinski definition) is 2. The van der Waals surface area contributed by atoms with E-state index >= 15 is 0 Å². The normalized spacial score (nSPS) is 20.6. The lowest BCUT2D eigenvalue weighted by Crippen LogP contribution is -2.39. The molecule has 3 nitrogen and oxygen atoms in total. The minimum atomic E-state index is 0.462. The molecule has 2 rings (SSSR count). The molecule has 1 aliphatic heterocycles. The molecule has 0 aliphatic carbocycles. The van der Waals surface area contributed by atoms with E-state index in [-0.39, 0.29) is 0 Å². The standard InChI is InChI=1S/C12H17N3/c1-2-9-4-3-5-10(6-9)11-7-14-12(13)15-8-11/h3-6,11H,2,7-8H2,1H3,(H3,13,14,15). The highest BCUT2D eigenvalue weighted by Crippen LogP contribution is 2.18. The van der Waals surface area contributed by atoms with Gasteiger partial charge in [-0.1, -0.05) is 31.2 Å². The Morgan fingerprint density at radius 1 is 1.53 bits per heavy atom. The average molecular weight is 203 g/mol. The zero-order valence-electron chi connectivity index (χ0n) is 9.03. The molecule has 1 unspecified atom stereocenters. The molecular weight excluding hydrogens is 186 g/mol. The number of nitrogens with zero attached hydrogens (tertiary/aromatic N) is 1. The van der Waals surface area contributed by atoms with Crippen LogP contribution in [0.3, 0.4) is 0 Å². The first-order valence-electron chi connectivity index (χ1n) is 5.42. The van der Waals surface area contributed by atoms with Gasteiger partial charge in [-0.25, -0.2) is 0 Å². The van der Waals surface area contributed by atoms with Crippen LogP contribution in [-0.4, -0.2) is 19.0 Å². The molecule has 80 valence electrons. The molecule has 0 fully saturated rings. The van der Waals surface area contributed by atoms with Gasteiger partial charge in [0.1, 0.15) is 0 Å². The van der Waals surface area contributed by atoms with Crippen LogP contribution in [0.25, 0.3) is 0 Å². The third-order valence-electron chi connectivity index (χ3n) is 2.84. The summed E-state index contributed by atoms with van der Waals surface area (Å²) in [6.07, 6.45) is 1.08. The Kier molecular flexibility index (Phi) is 2.90. The fourth-order valence-electron chi connectivity index (χ4n) is 1.85. The molecule has 0 spiro atoms. The highest BCUT2D eigenvalue weighted by atomic mass is 15.1. The maximum absolute atomic E-state index is 5.57. The van der Waals surface area contributed by atoms with E-state index < -0.39 is 0 Å². The molecule has 1 atom stereocenters. The van der Waals surface area contributed by atoms with Crippen LogP contribution in [0.4, 0.5) is 0 Å². The van der Waals surface area contributed by atoms with Crippen molar-refractivity contribution in [3.63, 3.8) is 0 Å². The molecule has 1 aliphatic rings. The third kappa shape index (κ3) is 2.29. The molecule has 0 bridgehead atoms. The van der Waals surface area contributed by atoms with Gasteiger partial charge in [0.15, 0.2) is 5.96 Å². The maximum Gasteiger partial charge on any atom is 0.188 e. The van der Waals surface area contributed by atoms with E-state index in [1.165, 1.54) is 11.1 Å². The Balaban J connectivity index is 2.16. The number of nitrogens with two attached hydrogens (primary N) is 1. The summed E-state index contributed by atoms with van der Waals surface area (Å²) < 4.78 is 0. The second kappa shape index (κ2) is 4.34. The molecule has 3 heteroatoms. The van der Waals surface area contributed by atoms with Gasteiger partial charge >= 0.3 is 0 Å². The summed E-state index contributed by atoms with van der Waals surface area (Å²) in [4.78, 5) is 4.23. The number of guanidine groups is 1. The molecule has 0 aromatic heterocycles. The van der Waals surface area contributed by atoms with Gasteiger partial charge in [-0.15, -0.1) is 0 Å². The molecule has 0 amide bonds. The van der Waals surface area contributed by atoms with Crippen molar-refractivity contribution < 1.29 is 0 Å². The summed E-state index contributed by atoms with van der Waals surface area (Å²) >= 11 is 0. The van der Waals surface area contributed by atoms with Crippen LogP contribution >= 0.6 is 0 Å². The molecule has 1 heterocycles. The van der Waals surface area contributed by atoms with Crippen LogP contribution in [0.15, 0.2) is 29.3 Å². The molecule has 0 saturated carbocycles. The second-order valence-corrected chi connectivity index (χ2v) is 3.90. The number of benzene rings is 1. The molecule has 3 N–H and O–H groups in total. The molecule has 0 saturated heterocycles. The van der Waals surface area contributed by atoms with Gasteiger partial charge in [0.25, 0.3) is 0 Å². The van der Waals surface area contributed by atoms with Crippen molar-refractivity contribution in [3.8, 4) is 0 Å². The van der Waals surface area contributed by atoms with Crippen molar-refractivity contribution in [3.05, 3.63) is 35.4 Å². The quantitative estimate of drug-likeness (QED) is 0.760. The summed E-state index contributed by atoms with van der Waals surface area (Å²) in [7, 11) is 0. The summed E-state index contributed by atoms with van der Waals surface area (Å²) in [5, 5.41) is 3.10. The summed E-state index contributed by atoms with van der Waals surface area (Å²) in [6, 6.07) is 8.72. The lowest BCUT2D eigenvalue weighted by atomic mass is 9.96. The number of aryl methyl sites for hydroxylation is 1. The van der Waals surface area contributed by atoms with Crippen molar-refractivity contribution in [1.29, 1.82) is 0 Å². The topological polar surface area (TPSA) is 50.4 Å². The van der Waals surface area contributed by atoms with Crippen molar-refractivity contribution in [2.45, 2.75) is 19.3 Å². The third-order valence-corrected chi connectivity index (χ3v) is 2.84. The van der Waals surface area contributed by atoms with E-state index in [0.29, 0.717) is 11.9 Å². The van der Waals surface area contributed by atoms with Crippen molar-refractivity contribution in [2.24, 2.45) is 10.7 Å². The number of nitrogens with one attached hydrogen (secondary N) is 1. The minimum absolute atomic E-state index is 0.462. The smallest absolute Gasteiger partial charge is 0.188 e. The first kappa shape index (κ1) is 10.0. The Morgan fingerprint density at radius 3 is 3.07 bits per heavy atom. The van der Waals surface area contributed by atoms with Crippen LogP contribution in [0, 0.1) is 0 Å². The maximum atomic E-state index is 5.57. The summed E-state index contributed by atoms with van der Waals surface area (Å²) in [5.41, 5.74) is 8.31. The van der Waals surface area contributed by atoms with E-state index in [9.17, 15) is 0 Å². The number of rotatable bonds is 2. The Morgan fingerprint density at radius 2 is 2.40 bits per heavy atom. The highest BCUT2D eigenvalue weighted by Gasteiger charge is 2.15. The van der Waals surface area contributed by atoms with Crippen LogP contribution in [0.2, 0.25) is 0 Å². The highest BCUT2D eigenvalue weighted by molar-refractivity contribution is 5.78. The van der Waals surface area contributed by atoms with E-state index in [1.807, 2.05) is 0 Å². The van der Waals surface area contributed by atoms with Crippen LogP contribution in [0.5, 0.6) is 0 Å². The van der Waals surface area contributed by atoms with Gasteiger partial charge in [0, 0.05) is 12.5 Å². The Bertz CT molecular complexity index is 371. The van der Waals surface area contributed by atoms with Crippen molar-refractivity contribution >= 4 is 5.96 Å². The van der Waals surface area contributed by atoms with Crippen LogP contribution in [0.1, 0.15) is 24.0 Å². The molecule has 1 aromatic carbocycles. The Labute approximate surface area is 90.4 Å². The van der Waals surface area contributed by atoms with Crippen LogP contribution < -0.4 is 11.1 Å². The van der Waals surface area contributed by atoms with Gasteiger partial charge in [0.2, 0.25) is 0 Å². The Hall–Kier alpha value is -1.51. The van der Waals surface area contributed by atoms with Gasteiger partial charge in [-0.2, -0.15) is 0 Å². The molecule has 0 radical (unpaired) electrons. The second-order valence-electron chi connectivity index (χ2n) is 3.90. The average Bonchev–Trinajstić information content (AvgIpc) is 2.30. The fourth-order valence-corrected chi connectivity index (χ4v) is 1.85. The number of hydrogen-bond acceptors (Lipinski definition) is 3. The largest absolute Gasteiger partial charge is 0.370 e.